The summed E-state index contributed by atoms with van der Waals surface area (Å²) in [6.07, 6.45) is 4.17. The molecule has 1 aromatic carbocycles. The van der Waals surface area contributed by atoms with Gasteiger partial charge in [0.25, 0.3) is 0 Å². The summed E-state index contributed by atoms with van der Waals surface area (Å²) in [4.78, 5) is 21.3. The van der Waals surface area contributed by atoms with E-state index in [1.807, 2.05) is 0 Å². The van der Waals surface area contributed by atoms with Gasteiger partial charge in [-0.3, -0.25) is 13.7 Å². The molecule has 1 saturated carbocycles. The summed E-state index contributed by atoms with van der Waals surface area (Å²) in [7, 11) is -4.11. The number of nitrogens with zero attached hydrogens (tertiary/aromatic N) is 4. The second-order valence-corrected chi connectivity index (χ2v) is 9.73. The van der Waals surface area contributed by atoms with Crippen molar-refractivity contribution in [3.8, 4) is 0 Å². The average molecular weight is 505 g/mol. The van der Waals surface area contributed by atoms with Gasteiger partial charge < -0.3 is 10.4 Å². The van der Waals surface area contributed by atoms with Gasteiger partial charge in [0.15, 0.2) is 0 Å². The normalized spacial score (nSPS) is 20.2. The van der Waals surface area contributed by atoms with Crippen LogP contribution < -0.4 is 10.5 Å². The number of carbonyl (C=O) groups excluding carboxylic acids is 1. The minimum Gasteiger partial charge on any atom is -0.393 e. The van der Waals surface area contributed by atoms with E-state index in [9.17, 15) is 22.7 Å². The molecule has 0 bridgehead atoms. The molecule has 0 unspecified atom stereocenters. The van der Waals surface area contributed by atoms with Gasteiger partial charge in [-0.15, -0.1) is 0 Å². The van der Waals surface area contributed by atoms with E-state index < -0.39 is 28.1 Å². The molecule has 13 heteroatoms. The molecule has 186 valence electrons. The zero-order valence-corrected chi connectivity index (χ0v) is 19.7. The molecular weight excluding hydrogens is 479 g/mol. The van der Waals surface area contributed by atoms with Crippen LogP contribution in [-0.2, 0) is 21.0 Å². The lowest BCUT2D eigenvalue weighted by Crippen LogP contribution is -2.24. The molecule has 0 saturated heterocycles. The lowest BCUT2D eigenvalue weighted by Gasteiger charge is -2.15. The number of ketones is 1. The monoisotopic (exact) mass is 504 g/mol. The van der Waals surface area contributed by atoms with Gasteiger partial charge in [0, 0.05) is 24.4 Å². The van der Waals surface area contributed by atoms with Gasteiger partial charge in [-0.25, -0.2) is 19.5 Å². The highest BCUT2D eigenvalue weighted by Crippen LogP contribution is 2.30. The van der Waals surface area contributed by atoms with Crippen LogP contribution in [0.2, 0.25) is 0 Å². The van der Waals surface area contributed by atoms with E-state index >= 15 is 0 Å². The molecule has 0 radical (unpaired) electrons. The first kappa shape index (κ1) is 24.9. The van der Waals surface area contributed by atoms with Crippen LogP contribution in [0.3, 0.4) is 0 Å². The predicted molar refractivity (Wildman–Crippen MR) is 123 cm³/mol. The lowest BCUT2D eigenvalue weighted by atomic mass is 10.1. The van der Waals surface area contributed by atoms with Crippen molar-refractivity contribution in [2.24, 2.45) is 11.1 Å². The summed E-state index contributed by atoms with van der Waals surface area (Å²) < 4.78 is 42.0. The van der Waals surface area contributed by atoms with Crippen LogP contribution in [0.4, 0.5) is 10.2 Å². The van der Waals surface area contributed by atoms with Crippen LogP contribution in [0, 0.1) is 18.7 Å². The van der Waals surface area contributed by atoms with Crippen molar-refractivity contribution in [2.45, 2.75) is 38.5 Å². The number of aryl methyl sites for hydroxylation is 1. The molecule has 2 heterocycles. The third-order valence-electron chi connectivity index (χ3n) is 5.86. The molecule has 1 aliphatic carbocycles. The van der Waals surface area contributed by atoms with Crippen LogP contribution in [-0.4, -0.2) is 57.8 Å². The molecule has 4 rings (SSSR count). The first-order valence-corrected chi connectivity index (χ1v) is 12.3. The molecule has 3 aromatic rings. The van der Waals surface area contributed by atoms with Crippen molar-refractivity contribution >= 4 is 21.9 Å². The Hall–Kier alpha value is -3.26. The van der Waals surface area contributed by atoms with Crippen molar-refractivity contribution in [2.75, 3.05) is 11.9 Å². The Morgan fingerprint density at radius 3 is 2.89 bits per heavy atom. The van der Waals surface area contributed by atoms with E-state index in [1.54, 1.807) is 31.3 Å². The van der Waals surface area contributed by atoms with Crippen LogP contribution >= 0.6 is 0 Å². The van der Waals surface area contributed by atoms with E-state index in [0.29, 0.717) is 30.5 Å². The van der Waals surface area contributed by atoms with Gasteiger partial charge >= 0.3 is 10.3 Å². The predicted octanol–water partition coefficient (Wildman–Crippen LogP) is 1.17. The average Bonchev–Trinajstić information content (AvgIpc) is 3.40. The van der Waals surface area contributed by atoms with Crippen LogP contribution in [0.5, 0.6) is 0 Å². The number of aromatic nitrogens is 4. The number of aliphatic hydroxyl groups is 1. The quantitative estimate of drug-likeness (QED) is 0.363. The maximum Gasteiger partial charge on any atom is 0.333 e. The topological polar surface area (TPSA) is 162 Å². The molecule has 3 atom stereocenters. The molecule has 0 amide bonds. The number of anilines is 1. The van der Waals surface area contributed by atoms with Gasteiger partial charge in [0.2, 0.25) is 5.78 Å². The molecule has 4 N–H and O–H groups in total. The fourth-order valence-corrected chi connectivity index (χ4v) is 4.38. The van der Waals surface area contributed by atoms with E-state index in [4.69, 9.17) is 5.14 Å². The number of carbonyl (C=O) groups is 1. The second kappa shape index (κ2) is 10.2. The Labute approximate surface area is 201 Å². The Morgan fingerprint density at radius 1 is 1.34 bits per heavy atom. The molecule has 1 aliphatic rings. The number of rotatable bonds is 9. The fourth-order valence-electron chi connectivity index (χ4n) is 4.02. The number of nitrogens with one attached hydrogen (secondary N) is 1. The number of halogens is 1. The Bertz CT molecular complexity index is 1330. The van der Waals surface area contributed by atoms with Crippen LogP contribution in [0.25, 0.3) is 0 Å². The lowest BCUT2D eigenvalue weighted by molar-refractivity contribution is 0.101. The maximum atomic E-state index is 13.8. The van der Waals surface area contributed by atoms with Crippen molar-refractivity contribution < 1.29 is 26.9 Å². The first-order chi connectivity index (χ1) is 16.6. The number of hydrogen-bond acceptors (Lipinski definition) is 9. The molecular formula is C22H25FN6O5S. The highest BCUT2D eigenvalue weighted by Gasteiger charge is 2.34. The summed E-state index contributed by atoms with van der Waals surface area (Å²) in [5, 5.41) is 22.6. The zero-order valence-electron chi connectivity index (χ0n) is 18.8. The van der Waals surface area contributed by atoms with Crippen LogP contribution in [0.1, 0.15) is 40.0 Å². The van der Waals surface area contributed by atoms with Crippen LogP contribution in [0.15, 0.2) is 43.0 Å². The number of hydrogen-bond donors (Lipinski definition) is 3. The van der Waals surface area contributed by atoms with Crippen molar-refractivity contribution in [1.82, 2.24) is 19.7 Å². The highest BCUT2D eigenvalue weighted by atomic mass is 32.2. The van der Waals surface area contributed by atoms with Crippen molar-refractivity contribution in [3.63, 3.8) is 0 Å². The van der Waals surface area contributed by atoms with Gasteiger partial charge in [0.05, 0.1) is 24.8 Å². The summed E-state index contributed by atoms with van der Waals surface area (Å²) >= 11 is 0. The standard InChI is InChI=1S/C22H25FN6O5S/c1-13-2-3-14(6-18(13)23)10-29-5-4-19(28-29)21(31)17-9-25-12-26-22(17)27-16-7-15(20(30)8-16)11-34-35(24,32)33/h2-6,9,12,15-16,20,30H,7-8,10-11H2,1H3,(H2,24,32,33)(H,25,26,27)/t15-,16-,20+/m1/s1. The molecule has 2 aromatic heterocycles. The summed E-state index contributed by atoms with van der Waals surface area (Å²) in [6.45, 7) is 1.74. The number of nitrogens with two attached hydrogens (primary N) is 1. The largest absolute Gasteiger partial charge is 0.393 e. The molecule has 1 fully saturated rings. The Balaban J connectivity index is 1.44. The molecule has 11 nitrogen and oxygen atoms in total. The summed E-state index contributed by atoms with van der Waals surface area (Å²) in [5.74, 6) is -0.896. The van der Waals surface area contributed by atoms with E-state index in [-0.39, 0.29) is 35.5 Å². The van der Waals surface area contributed by atoms with Gasteiger partial charge in [-0.05, 0) is 43.0 Å². The third-order valence-corrected chi connectivity index (χ3v) is 6.32. The van der Waals surface area contributed by atoms with Crippen molar-refractivity contribution in [3.05, 3.63) is 71.2 Å². The molecule has 35 heavy (non-hydrogen) atoms. The van der Waals surface area contributed by atoms with Gasteiger partial charge in [-0.2, -0.15) is 13.5 Å². The third kappa shape index (κ3) is 6.25. The minimum absolute atomic E-state index is 0.168. The number of benzene rings is 1. The SMILES string of the molecule is Cc1ccc(Cn2ccc(C(=O)c3cncnc3N[C@@H]3C[C@H](COS(N)(=O)=O)[C@@H](O)C3)n2)cc1F. The van der Waals surface area contributed by atoms with Gasteiger partial charge in [0.1, 0.15) is 23.7 Å². The second-order valence-electron chi connectivity index (χ2n) is 8.51. The minimum atomic E-state index is -4.11. The smallest absolute Gasteiger partial charge is 0.333 e. The van der Waals surface area contributed by atoms with E-state index in [2.05, 4.69) is 24.6 Å². The molecule has 0 aliphatic heterocycles. The van der Waals surface area contributed by atoms with Gasteiger partial charge in [-0.1, -0.05) is 12.1 Å². The maximum absolute atomic E-state index is 13.8. The fraction of sp³-hybridized carbons (Fsp3) is 0.364. The Morgan fingerprint density at radius 2 is 2.14 bits per heavy atom. The molecule has 0 spiro atoms. The number of aliphatic hydroxyl groups excluding tert-OH is 1. The van der Waals surface area contributed by atoms with Crippen molar-refractivity contribution in [1.29, 1.82) is 0 Å². The summed E-state index contributed by atoms with van der Waals surface area (Å²) in [6, 6.07) is 6.19. The van der Waals surface area contributed by atoms with E-state index in [0.717, 1.165) is 0 Å². The highest BCUT2D eigenvalue weighted by molar-refractivity contribution is 7.84. The first-order valence-electron chi connectivity index (χ1n) is 10.8. The zero-order chi connectivity index (χ0) is 25.2. The Kier molecular flexibility index (Phi) is 7.21. The van der Waals surface area contributed by atoms with E-state index in [1.165, 1.54) is 23.3 Å². The summed E-state index contributed by atoms with van der Waals surface area (Å²) in [5.41, 5.74) is 1.62.